The Kier molecular flexibility index (Phi) is 4.12. The van der Waals surface area contributed by atoms with E-state index in [1.165, 1.54) is 12.8 Å². The highest BCUT2D eigenvalue weighted by atomic mass is 16.1. The zero-order chi connectivity index (χ0) is 14.0. The van der Waals surface area contributed by atoms with Crippen LogP contribution in [-0.4, -0.2) is 15.6 Å². The minimum absolute atomic E-state index is 0.216. The Labute approximate surface area is 116 Å². The van der Waals surface area contributed by atoms with Gasteiger partial charge >= 0.3 is 0 Å². The Hall–Kier alpha value is -1.12. The first-order valence-corrected chi connectivity index (χ1v) is 7.48. The Balaban J connectivity index is 1.96. The minimum atomic E-state index is 0.216. The van der Waals surface area contributed by atoms with Gasteiger partial charge in [0.2, 0.25) is 0 Å². The maximum atomic E-state index is 12.4. The van der Waals surface area contributed by atoms with Crippen LogP contribution in [0, 0.1) is 17.3 Å². The summed E-state index contributed by atoms with van der Waals surface area (Å²) in [6.45, 7) is 9.79. The highest BCUT2D eigenvalue weighted by Gasteiger charge is 2.32. The molecule has 3 heteroatoms. The first-order chi connectivity index (χ1) is 8.91. The predicted octanol–water partition coefficient (Wildman–Crippen LogP) is 3.94. The van der Waals surface area contributed by atoms with Gasteiger partial charge in [-0.05, 0) is 43.9 Å². The Bertz CT molecular complexity index is 434. The number of carbonyl (C=O) groups excluding carboxylic acids is 1. The van der Waals surface area contributed by atoms with Crippen LogP contribution in [0.2, 0.25) is 0 Å². The molecule has 1 fully saturated rings. The molecule has 0 spiro atoms. The van der Waals surface area contributed by atoms with Crippen LogP contribution in [0.3, 0.4) is 0 Å². The fraction of sp³-hybridized carbons (Fsp3) is 0.750. The molecule has 2 rings (SSSR count). The van der Waals surface area contributed by atoms with E-state index >= 15 is 0 Å². The molecule has 1 saturated carbocycles. The Morgan fingerprint density at radius 3 is 2.42 bits per heavy atom. The van der Waals surface area contributed by atoms with Crippen molar-refractivity contribution in [1.82, 2.24) is 9.78 Å². The van der Waals surface area contributed by atoms with Crippen molar-refractivity contribution in [3.8, 4) is 0 Å². The van der Waals surface area contributed by atoms with E-state index < -0.39 is 0 Å². The zero-order valence-corrected chi connectivity index (χ0v) is 12.6. The minimum Gasteiger partial charge on any atom is -0.294 e. The monoisotopic (exact) mass is 262 g/mol. The number of hydrogen-bond acceptors (Lipinski definition) is 2. The molecule has 19 heavy (non-hydrogen) atoms. The predicted molar refractivity (Wildman–Crippen MR) is 77.1 cm³/mol. The lowest BCUT2D eigenvalue weighted by Gasteiger charge is -2.36. The van der Waals surface area contributed by atoms with Crippen LogP contribution in [0.15, 0.2) is 12.4 Å². The molecule has 1 aromatic heterocycles. The zero-order valence-electron chi connectivity index (χ0n) is 12.6. The van der Waals surface area contributed by atoms with Gasteiger partial charge in [-0.2, -0.15) is 5.10 Å². The van der Waals surface area contributed by atoms with E-state index in [1.807, 2.05) is 17.8 Å². The summed E-state index contributed by atoms with van der Waals surface area (Å²) >= 11 is 0. The number of rotatable bonds is 3. The van der Waals surface area contributed by atoms with Gasteiger partial charge in [0.05, 0.1) is 11.8 Å². The second-order valence-corrected chi connectivity index (χ2v) is 6.86. The van der Waals surface area contributed by atoms with Crippen LogP contribution >= 0.6 is 0 Å². The van der Waals surface area contributed by atoms with Gasteiger partial charge in [0.25, 0.3) is 0 Å². The lowest BCUT2D eigenvalue weighted by molar-refractivity contribution is 0.0819. The van der Waals surface area contributed by atoms with E-state index in [9.17, 15) is 4.79 Å². The topological polar surface area (TPSA) is 34.9 Å². The van der Waals surface area contributed by atoms with Gasteiger partial charge in [0.15, 0.2) is 5.78 Å². The maximum absolute atomic E-state index is 12.4. The van der Waals surface area contributed by atoms with Crippen LogP contribution in [0.4, 0.5) is 0 Å². The van der Waals surface area contributed by atoms with Crippen molar-refractivity contribution in [2.75, 3.05) is 0 Å². The normalized spacial score (nSPS) is 24.4. The third-order valence-corrected chi connectivity index (χ3v) is 4.56. The quantitative estimate of drug-likeness (QED) is 0.773. The average molecular weight is 262 g/mol. The molecule has 1 aliphatic rings. The molecule has 1 aromatic rings. The van der Waals surface area contributed by atoms with Crippen LogP contribution in [0.25, 0.3) is 0 Å². The second kappa shape index (κ2) is 5.48. The summed E-state index contributed by atoms with van der Waals surface area (Å²) in [6, 6.07) is 0. The highest BCUT2D eigenvalue weighted by Crippen LogP contribution is 2.40. The number of aromatic nitrogens is 2. The second-order valence-electron chi connectivity index (χ2n) is 6.86. The summed E-state index contributed by atoms with van der Waals surface area (Å²) in [5.41, 5.74) is 1.17. The van der Waals surface area contributed by atoms with Crippen LogP contribution in [-0.2, 0) is 6.54 Å². The molecule has 0 unspecified atom stereocenters. The van der Waals surface area contributed by atoms with Crippen LogP contribution in [0.5, 0.6) is 0 Å². The first-order valence-electron chi connectivity index (χ1n) is 7.48. The van der Waals surface area contributed by atoms with Gasteiger partial charge in [-0.3, -0.25) is 9.48 Å². The summed E-state index contributed by atoms with van der Waals surface area (Å²) in [5.74, 6) is 1.27. The third kappa shape index (κ3) is 3.26. The van der Waals surface area contributed by atoms with E-state index in [0.717, 1.165) is 30.9 Å². The van der Waals surface area contributed by atoms with Gasteiger partial charge < -0.3 is 0 Å². The van der Waals surface area contributed by atoms with Gasteiger partial charge in [-0.25, -0.2) is 0 Å². The summed E-state index contributed by atoms with van der Waals surface area (Å²) in [7, 11) is 0. The number of aryl methyl sites for hydroxylation is 1. The van der Waals surface area contributed by atoms with Crippen molar-refractivity contribution in [1.29, 1.82) is 0 Å². The first kappa shape index (κ1) is 14.3. The highest BCUT2D eigenvalue weighted by molar-refractivity contribution is 5.97. The Morgan fingerprint density at radius 2 is 1.95 bits per heavy atom. The van der Waals surface area contributed by atoms with E-state index in [4.69, 9.17) is 0 Å². The summed E-state index contributed by atoms with van der Waals surface area (Å²) in [4.78, 5) is 12.4. The molecule has 3 nitrogen and oxygen atoms in total. The lowest BCUT2D eigenvalue weighted by atomic mass is 9.69. The van der Waals surface area contributed by atoms with E-state index in [-0.39, 0.29) is 5.92 Å². The van der Waals surface area contributed by atoms with Crippen molar-refractivity contribution in [3.05, 3.63) is 18.0 Å². The SMILES string of the molecule is CCn1cc(C(=O)C2CCC(C(C)(C)C)CC2)cn1. The van der Waals surface area contributed by atoms with Gasteiger partial charge in [0.1, 0.15) is 0 Å². The molecular formula is C16H26N2O. The molecule has 0 aromatic carbocycles. The molecule has 0 aliphatic heterocycles. The van der Waals surface area contributed by atoms with Gasteiger partial charge in [0, 0.05) is 18.7 Å². The van der Waals surface area contributed by atoms with Crippen LogP contribution in [0.1, 0.15) is 63.7 Å². The van der Waals surface area contributed by atoms with Crippen molar-refractivity contribution in [2.24, 2.45) is 17.3 Å². The molecule has 106 valence electrons. The fourth-order valence-electron chi connectivity index (χ4n) is 3.12. The smallest absolute Gasteiger partial charge is 0.169 e. The molecule has 0 radical (unpaired) electrons. The number of hydrogen-bond donors (Lipinski definition) is 0. The number of carbonyl (C=O) groups is 1. The summed E-state index contributed by atoms with van der Waals surface area (Å²) in [5, 5.41) is 4.20. The average Bonchev–Trinajstić information content (AvgIpc) is 2.86. The lowest BCUT2D eigenvalue weighted by Crippen LogP contribution is -2.28. The number of Topliss-reactive ketones (excluding diaryl/α,β-unsaturated/α-hetero) is 1. The molecule has 1 heterocycles. The standard InChI is InChI=1S/C16H26N2O/c1-5-18-11-13(10-17-18)15(19)12-6-8-14(9-7-12)16(2,3)4/h10-12,14H,5-9H2,1-4H3. The summed E-state index contributed by atoms with van der Waals surface area (Å²) in [6.07, 6.45) is 8.06. The fourth-order valence-corrected chi connectivity index (χ4v) is 3.12. The molecule has 0 saturated heterocycles. The maximum Gasteiger partial charge on any atom is 0.169 e. The molecule has 0 amide bonds. The molecule has 0 N–H and O–H groups in total. The third-order valence-electron chi connectivity index (χ3n) is 4.56. The number of nitrogens with zero attached hydrogens (tertiary/aromatic N) is 2. The van der Waals surface area contributed by atoms with Gasteiger partial charge in [-0.1, -0.05) is 20.8 Å². The number of ketones is 1. The molecule has 0 atom stereocenters. The van der Waals surface area contributed by atoms with E-state index in [1.54, 1.807) is 6.20 Å². The summed E-state index contributed by atoms with van der Waals surface area (Å²) < 4.78 is 1.83. The van der Waals surface area contributed by atoms with E-state index in [2.05, 4.69) is 25.9 Å². The van der Waals surface area contributed by atoms with Gasteiger partial charge in [-0.15, -0.1) is 0 Å². The van der Waals surface area contributed by atoms with E-state index in [0.29, 0.717) is 11.2 Å². The molecular weight excluding hydrogens is 236 g/mol. The Morgan fingerprint density at radius 1 is 1.32 bits per heavy atom. The van der Waals surface area contributed by atoms with Crippen molar-refractivity contribution >= 4 is 5.78 Å². The molecule has 1 aliphatic carbocycles. The van der Waals surface area contributed by atoms with Crippen molar-refractivity contribution < 1.29 is 4.79 Å². The van der Waals surface area contributed by atoms with Crippen molar-refractivity contribution in [3.63, 3.8) is 0 Å². The van der Waals surface area contributed by atoms with Crippen LogP contribution < -0.4 is 0 Å². The molecule has 0 bridgehead atoms. The largest absolute Gasteiger partial charge is 0.294 e. The van der Waals surface area contributed by atoms with Crippen molar-refractivity contribution in [2.45, 2.75) is 59.9 Å².